The van der Waals surface area contributed by atoms with E-state index in [4.69, 9.17) is 10.5 Å². The minimum Gasteiger partial charge on any atom is -0.497 e. The normalized spacial score (nSPS) is 12.2. The van der Waals surface area contributed by atoms with Crippen molar-refractivity contribution in [2.75, 3.05) is 7.11 Å². The molecule has 2 rings (SSSR count). The van der Waals surface area contributed by atoms with E-state index < -0.39 is 0 Å². The Kier molecular flexibility index (Phi) is 5.05. The Labute approximate surface area is 114 Å². The fourth-order valence-corrected chi connectivity index (χ4v) is 2.25. The predicted molar refractivity (Wildman–Crippen MR) is 78.8 cm³/mol. The summed E-state index contributed by atoms with van der Waals surface area (Å²) in [6.45, 7) is 5.16. The van der Waals surface area contributed by atoms with Gasteiger partial charge in [-0.1, -0.05) is 0 Å². The summed E-state index contributed by atoms with van der Waals surface area (Å²) in [5.74, 6) is 0.900. The molecule has 0 saturated carbocycles. The van der Waals surface area contributed by atoms with Crippen LogP contribution in [0.2, 0.25) is 0 Å². The number of benzene rings is 1. The van der Waals surface area contributed by atoms with E-state index in [9.17, 15) is 0 Å². The molecule has 1 aromatic heterocycles. The van der Waals surface area contributed by atoms with Gasteiger partial charge in [0.15, 0.2) is 0 Å². The fourth-order valence-electron chi connectivity index (χ4n) is 2.25. The van der Waals surface area contributed by atoms with Crippen LogP contribution in [0.3, 0.4) is 0 Å². The first-order valence-electron chi connectivity index (χ1n) is 6.07. The van der Waals surface area contributed by atoms with Crippen LogP contribution in [0.25, 0.3) is 10.9 Å². The molecule has 0 spiro atoms. The van der Waals surface area contributed by atoms with Gasteiger partial charge in [0.25, 0.3) is 0 Å². The highest BCUT2D eigenvalue weighted by atomic mass is 35.5. The number of hydrogen-bond donors (Lipinski definition) is 1. The number of nitrogens with two attached hydrogens (primary N) is 1. The first-order chi connectivity index (χ1) is 8.15. The van der Waals surface area contributed by atoms with Gasteiger partial charge in [0.2, 0.25) is 0 Å². The van der Waals surface area contributed by atoms with Gasteiger partial charge in [0.05, 0.1) is 7.11 Å². The number of ether oxygens (including phenoxy) is 1. The van der Waals surface area contributed by atoms with Crippen molar-refractivity contribution < 1.29 is 4.74 Å². The number of methoxy groups -OCH3 is 1. The van der Waals surface area contributed by atoms with Gasteiger partial charge in [-0.05, 0) is 44.0 Å². The van der Waals surface area contributed by atoms with Crippen LogP contribution in [0.1, 0.15) is 19.4 Å². The summed E-state index contributed by atoms with van der Waals surface area (Å²) in [5.41, 5.74) is 8.45. The quantitative estimate of drug-likeness (QED) is 0.926. The Morgan fingerprint density at radius 2 is 2.11 bits per heavy atom. The SMILES string of the molecule is CCn1cc(CC(C)N)c2cc(OC)ccc21.Cl. The third-order valence-electron chi connectivity index (χ3n) is 3.05. The van der Waals surface area contributed by atoms with Gasteiger partial charge in [-0.3, -0.25) is 0 Å². The second-order valence-corrected chi connectivity index (χ2v) is 4.50. The molecule has 100 valence electrons. The lowest BCUT2D eigenvalue weighted by Crippen LogP contribution is -2.17. The molecular formula is C14H21ClN2O. The topological polar surface area (TPSA) is 40.2 Å². The molecule has 0 aliphatic rings. The summed E-state index contributed by atoms with van der Waals surface area (Å²) in [6, 6.07) is 6.39. The minimum absolute atomic E-state index is 0. The Morgan fingerprint density at radius 3 is 2.67 bits per heavy atom. The van der Waals surface area contributed by atoms with E-state index in [0.717, 1.165) is 18.7 Å². The lowest BCUT2D eigenvalue weighted by atomic mass is 10.1. The molecule has 4 heteroatoms. The molecule has 0 saturated heterocycles. The van der Waals surface area contributed by atoms with Crippen LogP contribution in [-0.2, 0) is 13.0 Å². The molecular weight excluding hydrogens is 248 g/mol. The summed E-state index contributed by atoms with van der Waals surface area (Å²) in [5, 5.41) is 1.25. The van der Waals surface area contributed by atoms with E-state index in [-0.39, 0.29) is 18.4 Å². The fraction of sp³-hybridized carbons (Fsp3) is 0.429. The molecule has 1 atom stereocenters. The van der Waals surface area contributed by atoms with Crippen molar-refractivity contribution in [1.29, 1.82) is 0 Å². The highest BCUT2D eigenvalue weighted by Crippen LogP contribution is 2.26. The van der Waals surface area contributed by atoms with Crippen LogP contribution >= 0.6 is 12.4 Å². The van der Waals surface area contributed by atoms with Gasteiger partial charge in [0.1, 0.15) is 5.75 Å². The summed E-state index contributed by atoms with van der Waals surface area (Å²) >= 11 is 0. The van der Waals surface area contributed by atoms with E-state index >= 15 is 0 Å². The van der Waals surface area contributed by atoms with Gasteiger partial charge in [0, 0.05) is 29.7 Å². The number of halogens is 1. The van der Waals surface area contributed by atoms with Crippen LogP contribution < -0.4 is 10.5 Å². The van der Waals surface area contributed by atoms with E-state index in [1.165, 1.54) is 16.5 Å². The number of rotatable bonds is 4. The maximum absolute atomic E-state index is 5.90. The summed E-state index contributed by atoms with van der Waals surface area (Å²) in [6.07, 6.45) is 3.10. The van der Waals surface area contributed by atoms with E-state index in [1.807, 2.05) is 13.0 Å². The maximum Gasteiger partial charge on any atom is 0.119 e. The van der Waals surface area contributed by atoms with Crippen molar-refractivity contribution in [3.63, 3.8) is 0 Å². The van der Waals surface area contributed by atoms with E-state index in [2.05, 4.69) is 29.8 Å². The molecule has 3 nitrogen and oxygen atoms in total. The molecule has 0 radical (unpaired) electrons. The zero-order chi connectivity index (χ0) is 12.4. The largest absolute Gasteiger partial charge is 0.497 e. The molecule has 0 amide bonds. The van der Waals surface area contributed by atoms with Gasteiger partial charge >= 0.3 is 0 Å². The second kappa shape index (κ2) is 6.12. The smallest absolute Gasteiger partial charge is 0.119 e. The molecule has 18 heavy (non-hydrogen) atoms. The second-order valence-electron chi connectivity index (χ2n) is 4.50. The average Bonchev–Trinajstić information content (AvgIpc) is 2.66. The lowest BCUT2D eigenvalue weighted by molar-refractivity contribution is 0.415. The van der Waals surface area contributed by atoms with Crippen molar-refractivity contribution >= 4 is 23.3 Å². The first-order valence-corrected chi connectivity index (χ1v) is 6.07. The first kappa shape index (κ1) is 14.9. The van der Waals surface area contributed by atoms with E-state index in [1.54, 1.807) is 7.11 Å². The zero-order valence-corrected chi connectivity index (χ0v) is 12.0. The van der Waals surface area contributed by atoms with Crippen molar-refractivity contribution in [2.45, 2.75) is 32.9 Å². The van der Waals surface area contributed by atoms with Crippen molar-refractivity contribution in [2.24, 2.45) is 5.73 Å². The predicted octanol–water partition coefficient (Wildman–Crippen LogP) is 2.98. The van der Waals surface area contributed by atoms with Gasteiger partial charge in [-0.25, -0.2) is 0 Å². The zero-order valence-electron chi connectivity index (χ0n) is 11.1. The van der Waals surface area contributed by atoms with Gasteiger partial charge in [-0.2, -0.15) is 0 Å². The van der Waals surface area contributed by atoms with Crippen molar-refractivity contribution in [1.82, 2.24) is 4.57 Å². The summed E-state index contributed by atoms with van der Waals surface area (Å²) < 4.78 is 7.54. The van der Waals surface area contributed by atoms with E-state index in [0.29, 0.717) is 0 Å². The standard InChI is InChI=1S/C14H20N2O.ClH/c1-4-16-9-11(7-10(2)15)13-8-12(17-3)5-6-14(13)16;/h5-6,8-10H,4,7,15H2,1-3H3;1H. The molecule has 1 unspecified atom stereocenters. The number of nitrogens with zero attached hydrogens (tertiary/aromatic N) is 1. The third kappa shape index (κ3) is 2.79. The average molecular weight is 269 g/mol. The van der Waals surface area contributed by atoms with Crippen LogP contribution in [0.15, 0.2) is 24.4 Å². The highest BCUT2D eigenvalue weighted by Gasteiger charge is 2.10. The molecule has 0 aliphatic carbocycles. The van der Waals surface area contributed by atoms with Crippen LogP contribution in [0.5, 0.6) is 5.75 Å². The number of aryl methyl sites for hydroxylation is 1. The Morgan fingerprint density at radius 1 is 1.39 bits per heavy atom. The molecule has 0 bridgehead atoms. The molecule has 1 aromatic carbocycles. The van der Waals surface area contributed by atoms with Crippen molar-refractivity contribution in [3.8, 4) is 5.75 Å². The third-order valence-corrected chi connectivity index (χ3v) is 3.05. The molecule has 1 heterocycles. The molecule has 2 N–H and O–H groups in total. The van der Waals surface area contributed by atoms with Gasteiger partial charge in [-0.15, -0.1) is 12.4 Å². The lowest BCUT2D eigenvalue weighted by Gasteiger charge is -2.04. The molecule has 0 fully saturated rings. The Bertz CT molecular complexity index is 520. The van der Waals surface area contributed by atoms with Gasteiger partial charge < -0.3 is 15.0 Å². The number of fused-ring (bicyclic) bond motifs is 1. The van der Waals surface area contributed by atoms with Crippen LogP contribution in [-0.4, -0.2) is 17.7 Å². The number of aromatic nitrogens is 1. The molecule has 2 aromatic rings. The Balaban J connectivity index is 0.00000162. The van der Waals surface area contributed by atoms with Crippen LogP contribution in [0.4, 0.5) is 0 Å². The monoisotopic (exact) mass is 268 g/mol. The number of hydrogen-bond acceptors (Lipinski definition) is 2. The maximum atomic E-state index is 5.90. The molecule has 0 aliphatic heterocycles. The minimum atomic E-state index is 0. The highest BCUT2D eigenvalue weighted by molar-refractivity contribution is 5.86. The van der Waals surface area contributed by atoms with Crippen LogP contribution in [0, 0.1) is 0 Å². The summed E-state index contributed by atoms with van der Waals surface area (Å²) in [4.78, 5) is 0. The Hall–Kier alpha value is -1.19. The summed E-state index contributed by atoms with van der Waals surface area (Å²) in [7, 11) is 1.70. The van der Waals surface area contributed by atoms with Crippen molar-refractivity contribution in [3.05, 3.63) is 30.0 Å².